The maximum absolute atomic E-state index is 13.0. The molecular formula is C15H23N3O2S. The average Bonchev–Trinajstić information content (AvgIpc) is 2.46. The molecule has 0 saturated carbocycles. The molecule has 0 amide bonds. The van der Waals surface area contributed by atoms with E-state index < -0.39 is 10.2 Å². The first-order valence-electron chi connectivity index (χ1n) is 7.56. The fourth-order valence-corrected chi connectivity index (χ4v) is 5.32. The van der Waals surface area contributed by atoms with Gasteiger partial charge in [0.1, 0.15) is 0 Å². The van der Waals surface area contributed by atoms with Crippen LogP contribution in [0.4, 0.5) is 0 Å². The Hall–Kier alpha value is -0.950. The Morgan fingerprint density at radius 2 is 1.71 bits per heavy atom. The molecule has 0 aromatic heterocycles. The van der Waals surface area contributed by atoms with E-state index in [0.717, 1.165) is 12.0 Å². The van der Waals surface area contributed by atoms with Gasteiger partial charge in [0.05, 0.1) is 0 Å². The average molecular weight is 309 g/mol. The summed E-state index contributed by atoms with van der Waals surface area (Å²) >= 11 is 0. The summed E-state index contributed by atoms with van der Waals surface area (Å²) in [6.45, 7) is 6.43. The zero-order valence-electron chi connectivity index (χ0n) is 12.6. The van der Waals surface area contributed by atoms with Crippen molar-refractivity contribution in [2.24, 2.45) is 0 Å². The molecule has 0 bridgehead atoms. The summed E-state index contributed by atoms with van der Waals surface area (Å²) in [6, 6.07) is 8.11. The second-order valence-electron chi connectivity index (χ2n) is 6.05. The molecule has 2 aliphatic rings. The minimum atomic E-state index is -3.40. The monoisotopic (exact) mass is 309 g/mol. The molecule has 1 aromatic carbocycles. The molecule has 3 rings (SSSR count). The third-order valence-electron chi connectivity index (χ3n) is 4.44. The molecule has 116 valence electrons. The van der Waals surface area contributed by atoms with E-state index in [4.69, 9.17) is 0 Å². The van der Waals surface area contributed by atoms with Gasteiger partial charge in [0.25, 0.3) is 10.2 Å². The van der Waals surface area contributed by atoms with E-state index in [9.17, 15) is 8.42 Å². The fourth-order valence-electron chi connectivity index (χ4n) is 3.37. The Morgan fingerprint density at radius 1 is 1.10 bits per heavy atom. The summed E-state index contributed by atoms with van der Waals surface area (Å²) < 4.78 is 29.3. The van der Waals surface area contributed by atoms with Crippen LogP contribution in [0.25, 0.3) is 0 Å². The summed E-state index contributed by atoms with van der Waals surface area (Å²) in [5, 5.41) is 3.28. The number of fused-ring (bicyclic) bond motifs is 1. The molecule has 5 nitrogen and oxygen atoms in total. The smallest absolute Gasteiger partial charge is 0.282 e. The van der Waals surface area contributed by atoms with Gasteiger partial charge in [0.15, 0.2) is 0 Å². The Kier molecular flexibility index (Phi) is 4.05. The number of rotatable bonds is 2. The van der Waals surface area contributed by atoms with Crippen LogP contribution in [0.5, 0.6) is 0 Å². The third kappa shape index (κ3) is 2.73. The number of piperazine rings is 1. The molecule has 2 atom stereocenters. The van der Waals surface area contributed by atoms with Crippen molar-refractivity contribution < 1.29 is 8.42 Å². The van der Waals surface area contributed by atoms with Crippen LogP contribution in [-0.2, 0) is 23.2 Å². The second kappa shape index (κ2) is 5.68. The van der Waals surface area contributed by atoms with Crippen molar-refractivity contribution in [3.8, 4) is 0 Å². The molecule has 2 heterocycles. The van der Waals surface area contributed by atoms with E-state index >= 15 is 0 Å². The molecular weight excluding hydrogens is 286 g/mol. The SMILES string of the molecule is CC1CNCC(C)N1S(=O)(=O)N1CCc2ccccc2C1. The minimum absolute atomic E-state index is 0.00378. The number of nitrogens with zero attached hydrogens (tertiary/aromatic N) is 2. The highest BCUT2D eigenvalue weighted by atomic mass is 32.2. The Balaban J connectivity index is 1.86. The van der Waals surface area contributed by atoms with E-state index in [-0.39, 0.29) is 12.1 Å². The van der Waals surface area contributed by atoms with Crippen molar-refractivity contribution in [2.75, 3.05) is 19.6 Å². The lowest BCUT2D eigenvalue weighted by Gasteiger charge is -2.41. The van der Waals surface area contributed by atoms with Gasteiger partial charge in [-0.15, -0.1) is 0 Å². The molecule has 0 spiro atoms. The molecule has 2 unspecified atom stereocenters. The highest BCUT2D eigenvalue weighted by Gasteiger charge is 2.39. The molecule has 1 fully saturated rings. The quantitative estimate of drug-likeness (QED) is 0.886. The molecule has 0 radical (unpaired) electrons. The van der Waals surface area contributed by atoms with Crippen LogP contribution in [0.2, 0.25) is 0 Å². The molecule has 2 aliphatic heterocycles. The van der Waals surface area contributed by atoms with E-state index in [2.05, 4.69) is 11.4 Å². The van der Waals surface area contributed by atoms with E-state index in [0.29, 0.717) is 26.2 Å². The van der Waals surface area contributed by atoms with Crippen LogP contribution < -0.4 is 5.32 Å². The predicted octanol–water partition coefficient (Wildman–Crippen LogP) is 0.972. The van der Waals surface area contributed by atoms with Gasteiger partial charge in [-0.25, -0.2) is 0 Å². The van der Waals surface area contributed by atoms with Crippen molar-refractivity contribution in [1.82, 2.24) is 13.9 Å². The van der Waals surface area contributed by atoms with Gasteiger partial charge in [-0.2, -0.15) is 17.0 Å². The Bertz CT molecular complexity index is 607. The zero-order valence-corrected chi connectivity index (χ0v) is 13.4. The van der Waals surface area contributed by atoms with Gasteiger partial charge in [0, 0.05) is 38.3 Å². The number of hydrogen-bond acceptors (Lipinski definition) is 3. The van der Waals surface area contributed by atoms with E-state index in [1.165, 1.54) is 5.56 Å². The lowest BCUT2D eigenvalue weighted by atomic mass is 10.0. The molecule has 0 aliphatic carbocycles. The van der Waals surface area contributed by atoms with Crippen LogP contribution in [0, 0.1) is 0 Å². The molecule has 6 heteroatoms. The molecule has 1 N–H and O–H groups in total. The summed E-state index contributed by atoms with van der Waals surface area (Å²) in [7, 11) is -3.40. The second-order valence-corrected chi connectivity index (χ2v) is 7.88. The highest BCUT2D eigenvalue weighted by Crippen LogP contribution is 2.25. The van der Waals surface area contributed by atoms with Gasteiger partial charge in [-0.1, -0.05) is 24.3 Å². The maximum Gasteiger partial charge on any atom is 0.282 e. The van der Waals surface area contributed by atoms with Crippen molar-refractivity contribution in [1.29, 1.82) is 0 Å². The van der Waals surface area contributed by atoms with Crippen LogP contribution in [0.1, 0.15) is 25.0 Å². The zero-order chi connectivity index (χ0) is 15.0. The fraction of sp³-hybridized carbons (Fsp3) is 0.600. The number of hydrogen-bond donors (Lipinski definition) is 1. The summed E-state index contributed by atoms with van der Waals surface area (Å²) in [6.07, 6.45) is 0.796. The van der Waals surface area contributed by atoms with Crippen LogP contribution in [-0.4, -0.2) is 48.7 Å². The Labute approximate surface area is 127 Å². The predicted molar refractivity (Wildman–Crippen MR) is 83.1 cm³/mol. The van der Waals surface area contributed by atoms with Gasteiger partial charge >= 0.3 is 0 Å². The van der Waals surface area contributed by atoms with Crippen molar-refractivity contribution in [2.45, 2.75) is 38.9 Å². The number of benzene rings is 1. The van der Waals surface area contributed by atoms with Gasteiger partial charge in [0.2, 0.25) is 0 Å². The normalized spacial score (nSPS) is 28.3. The van der Waals surface area contributed by atoms with Crippen molar-refractivity contribution in [3.05, 3.63) is 35.4 Å². The molecule has 21 heavy (non-hydrogen) atoms. The number of nitrogens with one attached hydrogen (secondary N) is 1. The first kappa shape index (κ1) is 15.0. The van der Waals surface area contributed by atoms with E-state index in [1.54, 1.807) is 8.61 Å². The maximum atomic E-state index is 13.0. The standard InChI is InChI=1S/C15H23N3O2S/c1-12-9-16-10-13(2)18(12)21(19,20)17-8-7-14-5-3-4-6-15(14)11-17/h3-6,12-13,16H,7-11H2,1-2H3. The summed E-state index contributed by atoms with van der Waals surface area (Å²) in [5.41, 5.74) is 2.40. The minimum Gasteiger partial charge on any atom is -0.314 e. The largest absolute Gasteiger partial charge is 0.314 e. The molecule has 1 saturated heterocycles. The first-order chi connectivity index (χ1) is 10.00. The lowest BCUT2D eigenvalue weighted by molar-refractivity contribution is 0.199. The summed E-state index contributed by atoms with van der Waals surface area (Å²) in [5.74, 6) is 0. The van der Waals surface area contributed by atoms with Crippen LogP contribution in [0.15, 0.2) is 24.3 Å². The lowest BCUT2D eigenvalue weighted by Crippen LogP contribution is -2.60. The Morgan fingerprint density at radius 3 is 2.38 bits per heavy atom. The van der Waals surface area contributed by atoms with Gasteiger partial charge < -0.3 is 5.32 Å². The van der Waals surface area contributed by atoms with E-state index in [1.807, 2.05) is 32.0 Å². The third-order valence-corrected chi connectivity index (χ3v) is 6.65. The van der Waals surface area contributed by atoms with Gasteiger partial charge in [-0.05, 0) is 31.4 Å². The highest BCUT2D eigenvalue weighted by molar-refractivity contribution is 7.86. The summed E-state index contributed by atoms with van der Waals surface area (Å²) in [4.78, 5) is 0. The topological polar surface area (TPSA) is 52.7 Å². The molecule has 1 aromatic rings. The van der Waals surface area contributed by atoms with Crippen LogP contribution in [0.3, 0.4) is 0 Å². The van der Waals surface area contributed by atoms with Crippen LogP contribution >= 0.6 is 0 Å². The van der Waals surface area contributed by atoms with Crippen molar-refractivity contribution >= 4 is 10.2 Å². The first-order valence-corrected chi connectivity index (χ1v) is 8.96. The van der Waals surface area contributed by atoms with Gasteiger partial charge in [-0.3, -0.25) is 0 Å². The van der Waals surface area contributed by atoms with Crippen molar-refractivity contribution in [3.63, 3.8) is 0 Å².